The SMILES string of the molecule is Cc1cccc(OCC(=O)NC(C)(CN)CC(C)C)c1.Cl. The van der Waals surface area contributed by atoms with E-state index in [0.29, 0.717) is 18.2 Å². The van der Waals surface area contributed by atoms with Crippen LogP contribution in [0.4, 0.5) is 0 Å². The molecule has 21 heavy (non-hydrogen) atoms. The number of rotatable bonds is 7. The molecule has 0 radical (unpaired) electrons. The molecule has 1 aromatic rings. The number of aryl methyl sites for hydroxylation is 1. The van der Waals surface area contributed by atoms with Crippen molar-refractivity contribution in [3.05, 3.63) is 29.8 Å². The number of hydrogen-bond acceptors (Lipinski definition) is 3. The summed E-state index contributed by atoms with van der Waals surface area (Å²) in [7, 11) is 0. The molecule has 1 aromatic carbocycles. The summed E-state index contributed by atoms with van der Waals surface area (Å²) in [5, 5.41) is 2.97. The zero-order valence-electron chi connectivity index (χ0n) is 13.3. The van der Waals surface area contributed by atoms with Crippen molar-refractivity contribution in [2.45, 2.75) is 39.7 Å². The lowest BCUT2D eigenvalue weighted by Gasteiger charge is -2.31. The highest BCUT2D eigenvalue weighted by atomic mass is 35.5. The van der Waals surface area contributed by atoms with Crippen LogP contribution < -0.4 is 15.8 Å². The summed E-state index contributed by atoms with van der Waals surface area (Å²) in [5.74, 6) is 1.04. The molecule has 120 valence electrons. The molecular formula is C16H27ClN2O2. The Labute approximate surface area is 133 Å². The fourth-order valence-corrected chi connectivity index (χ4v) is 2.31. The van der Waals surface area contributed by atoms with Gasteiger partial charge in [-0.1, -0.05) is 26.0 Å². The lowest BCUT2D eigenvalue weighted by atomic mass is 9.91. The monoisotopic (exact) mass is 314 g/mol. The van der Waals surface area contributed by atoms with E-state index in [2.05, 4.69) is 19.2 Å². The average Bonchev–Trinajstić information content (AvgIpc) is 2.35. The average molecular weight is 315 g/mol. The van der Waals surface area contributed by atoms with Gasteiger partial charge < -0.3 is 15.8 Å². The molecule has 0 saturated heterocycles. The van der Waals surface area contributed by atoms with Crippen molar-refractivity contribution >= 4 is 18.3 Å². The molecule has 1 atom stereocenters. The van der Waals surface area contributed by atoms with Crippen molar-refractivity contribution in [1.29, 1.82) is 0 Å². The summed E-state index contributed by atoms with van der Waals surface area (Å²) >= 11 is 0. The van der Waals surface area contributed by atoms with E-state index in [0.717, 1.165) is 12.0 Å². The molecule has 1 amide bonds. The summed E-state index contributed by atoms with van der Waals surface area (Å²) in [6.07, 6.45) is 0.847. The highest BCUT2D eigenvalue weighted by molar-refractivity contribution is 5.85. The molecule has 5 heteroatoms. The number of carbonyl (C=O) groups excluding carboxylic acids is 1. The van der Waals surface area contributed by atoms with Gasteiger partial charge in [-0.3, -0.25) is 4.79 Å². The Hall–Kier alpha value is -1.26. The quantitative estimate of drug-likeness (QED) is 0.813. The third-order valence-corrected chi connectivity index (χ3v) is 3.11. The number of nitrogens with one attached hydrogen (secondary N) is 1. The van der Waals surface area contributed by atoms with Gasteiger partial charge >= 0.3 is 0 Å². The van der Waals surface area contributed by atoms with Crippen molar-refractivity contribution < 1.29 is 9.53 Å². The second-order valence-corrected chi connectivity index (χ2v) is 6.02. The first-order chi connectivity index (χ1) is 9.34. The van der Waals surface area contributed by atoms with Crippen LogP contribution in [0, 0.1) is 12.8 Å². The van der Waals surface area contributed by atoms with E-state index in [9.17, 15) is 4.79 Å². The molecule has 0 spiro atoms. The van der Waals surface area contributed by atoms with Crippen molar-refractivity contribution in [3.8, 4) is 5.75 Å². The van der Waals surface area contributed by atoms with Crippen molar-refractivity contribution in [2.24, 2.45) is 11.7 Å². The number of carbonyl (C=O) groups is 1. The second-order valence-electron chi connectivity index (χ2n) is 6.02. The Morgan fingerprint density at radius 1 is 1.43 bits per heavy atom. The topological polar surface area (TPSA) is 64.3 Å². The Kier molecular flexibility index (Phi) is 8.37. The van der Waals surface area contributed by atoms with Crippen LogP contribution in [0.2, 0.25) is 0 Å². The van der Waals surface area contributed by atoms with Gasteiger partial charge in [0.05, 0.1) is 0 Å². The molecule has 0 aliphatic rings. The highest BCUT2D eigenvalue weighted by Crippen LogP contribution is 2.16. The minimum Gasteiger partial charge on any atom is -0.484 e. The van der Waals surface area contributed by atoms with Crippen LogP contribution in [0.5, 0.6) is 5.75 Å². The number of amides is 1. The maximum Gasteiger partial charge on any atom is 0.258 e. The van der Waals surface area contributed by atoms with Gasteiger partial charge in [0.15, 0.2) is 6.61 Å². The molecule has 0 aliphatic carbocycles. The zero-order valence-corrected chi connectivity index (χ0v) is 14.1. The van der Waals surface area contributed by atoms with Crippen molar-refractivity contribution in [1.82, 2.24) is 5.32 Å². The van der Waals surface area contributed by atoms with Crippen LogP contribution in [-0.2, 0) is 4.79 Å². The third kappa shape index (κ3) is 7.34. The zero-order chi connectivity index (χ0) is 15.2. The van der Waals surface area contributed by atoms with Crippen molar-refractivity contribution in [3.63, 3.8) is 0 Å². The number of nitrogens with two attached hydrogens (primary N) is 1. The van der Waals surface area contributed by atoms with Gasteiger partial charge in [-0.25, -0.2) is 0 Å². The first-order valence-corrected chi connectivity index (χ1v) is 7.05. The summed E-state index contributed by atoms with van der Waals surface area (Å²) in [4.78, 5) is 12.0. The smallest absolute Gasteiger partial charge is 0.258 e. The Morgan fingerprint density at radius 3 is 2.62 bits per heavy atom. The minimum absolute atomic E-state index is 0. The number of hydrogen-bond donors (Lipinski definition) is 2. The fourth-order valence-electron chi connectivity index (χ4n) is 2.31. The molecule has 1 unspecified atom stereocenters. The van der Waals surface area contributed by atoms with Gasteiger partial charge in [0.1, 0.15) is 5.75 Å². The number of ether oxygens (including phenoxy) is 1. The van der Waals surface area contributed by atoms with Gasteiger partial charge in [0.25, 0.3) is 5.91 Å². The second kappa shape index (κ2) is 8.90. The van der Waals surface area contributed by atoms with E-state index in [1.165, 1.54) is 0 Å². The standard InChI is InChI=1S/C16H26N2O2.ClH/c1-12(2)9-16(4,11-17)18-15(19)10-20-14-7-5-6-13(3)8-14;/h5-8,12H,9-11,17H2,1-4H3,(H,18,19);1H. The van der Waals surface area contributed by atoms with E-state index >= 15 is 0 Å². The summed E-state index contributed by atoms with van der Waals surface area (Å²) in [6.45, 7) is 8.61. The maximum absolute atomic E-state index is 12.0. The first-order valence-electron chi connectivity index (χ1n) is 7.05. The molecular weight excluding hydrogens is 288 g/mol. The van der Waals surface area contributed by atoms with Gasteiger partial charge in [-0.15, -0.1) is 12.4 Å². The maximum atomic E-state index is 12.0. The van der Waals surface area contributed by atoms with Gasteiger partial charge in [0, 0.05) is 12.1 Å². The molecule has 1 rings (SSSR count). The lowest BCUT2D eigenvalue weighted by molar-refractivity contribution is -0.125. The molecule has 0 saturated carbocycles. The molecule has 3 N–H and O–H groups in total. The fraction of sp³-hybridized carbons (Fsp3) is 0.562. The van der Waals surface area contributed by atoms with E-state index in [1.807, 2.05) is 38.1 Å². The van der Waals surface area contributed by atoms with E-state index in [-0.39, 0.29) is 30.5 Å². The minimum atomic E-state index is -0.374. The lowest BCUT2D eigenvalue weighted by Crippen LogP contribution is -2.53. The predicted molar refractivity (Wildman–Crippen MR) is 89.0 cm³/mol. The first kappa shape index (κ1) is 19.7. The number of benzene rings is 1. The summed E-state index contributed by atoms with van der Waals surface area (Å²) in [5.41, 5.74) is 6.51. The summed E-state index contributed by atoms with van der Waals surface area (Å²) < 4.78 is 5.49. The highest BCUT2D eigenvalue weighted by Gasteiger charge is 2.25. The summed E-state index contributed by atoms with van der Waals surface area (Å²) in [6, 6.07) is 7.65. The van der Waals surface area contributed by atoms with Crippen LogP contribution in [0.15, 0.2) is 24.3 Å². The molecule has 0 fully saturated rings. The van der Waals surface area contributed by atoms with Gasteiger partial charge in [0.2, 0.25) is 0 Å². The molecule has 0 heterocycles. The Balaban J connectivity index is 0.00000400. The third-order valence-electron chi connectivity index (χ3n) is 3.11. The van der Waals surface area contributed by atoms with Crippen LogP contribution in [0.1, 0.15) is 32.8 Å². The predicted octanol–water partition coefficient (Wildman–Crippen LogP) is 2.68. The van der Waals surface area contributed by atoms with E-state index in [4.69, 9.17) is 10.5 Å². The van der Waals surface area contributed by atoms with Crippen molar-refractivity contribution in [2.75, 3.05) is 13.2 Å². The van der Waals surface area contributed by atoms with Gasteiger partial charge in [-0.2, -0.15) is 0 Å². The van der Waals surface area contributed by atoms with E-state index < -0.39 is 0 Å². The largest absolute Gasteiger partial charge is 0.484 e. The van der Waals surface area contributed by atoms with Gasteiger partial charge in [-0.05, 0) is 43.9 Å². The van der Waals surface area contributed by atoms with E-state index in [1.54, 1.807) is 0 Å². The molecule has 0 aromatic heterocycles. The molecule has 0 bridgehead atoms. The number of halogens is 1. The molecule has 4 nitrogen and oxygen atoms in total. The molecule has 0 aliphatic heterocycles. The van der Waals surface area contributed by atoms with Crippen LogP contribution >= 0.6 is 12.4 Å². The van der Waals surface area contributed by atoms with Crippen LogP contribution in [0.3, 0.4) is 0 Å². The normalized spacial score (nSPS) is 13.2. The Morgan fingerprint density at radius 2 is 2.10 bits per heavy atom. The van der Waals surface area contributed by atoms with Crippen LogP contribution in [-0.4, -0.2) is 24.6 Å². The van der Waals surface area contributed by atoms with Crippen LogP contribution in [0.25, 0.3) is 0 Å². The Bertz CT molecular complexity index is 452.